The minimum Gasteiger partial charge on any atom is -0.496 e. The molecule has 24 heavy (non-hydrogen) atoms. The van der Waals surface area contributed by atoms with Crippen molar-refractivity contribution in [1.29, 1.82) is 0 Å². The molecule has 5 nitrogen and oxygen atoms in total. The lowest BCUT2D eigenvalue weighted by Gasteiger charge is -2.06. The lowest BCUT2D eigenvalue weighted by Crippen LogP contribution is -2.13. The largest absolute Gasteiger partial charge is 0.496 e. The third-order valence-corrected chi connectivity index (χ3v) is 4.04. The Bertz CT molecular complexity index is 895. The van der Waals surface area contributed by atoms with Crippen molar-refractivity contribution in [2.75, 3.05) is 12.4 Å². The van der Waals surface area contributed by atoms with Crippen LogP contribution >= 0.6 is 11.3 Å². The van der Waals surface area contributed by atoms with Gasteiger partial charge in [0.1, 0.15) is 17.3 Å². The summed E-state index contributed by atoms with van der Waals surface area (Å²) in [4.78, 5) is 20.7. The fourth-order valence-electron chi connectivity index (χ4n) is 2.17. The van der Waals surface area contributed by atoms with E-state index < -0.39 is 0 Å². The first-order chi connectivity index (χ1) is 11.6. The molecule has 0 aliphatic heterocycles. The minimum atomic E-state index is -0.381. The number of aromatic nitrogens is 2. The number of rotatable bonds is 4. The highest BCUT2D eigenvalue weighted by Crippen LogP contribution is 2.32. The van der Waals surface area contributed by atoms with Gasteiger partial charge < -0.3 is 4.74 Å². The summed E-state index contributed by atoms with van der Waals surface area (Å²) in [6, 6.07) is 9.42. The summed E-state index contributed by atoms with van der Waals surface area (Å²) in [5.74, 6) is -0.209. The van der Waals surface area contributed by atoms with Crippen molar-refractivity contribution >= 4 is 22.4 Å². The lowest BCUT2D eigenvalue weighted by molar-refractivity contribution is 0.102. The van der Waals surface area contributed by atoms with Crippen LogP contribution in [-0.2, 0) is 0 Å². The van der Waals surface area contributed by atoms with Crippen molar-refractivity contribution in [2.24, 2.45) is 0 Å². The van der Waals surface area contributed by atoms with Crippen molar-refractivity contribution in [2.45, 2.75) is 6.92 Å². The zero-order valence-corrected chi connectivity index (χ0v) is 13.9. The molecule has 0 atom stereocenters. The second-order valence-corrected chi connectivity index (χ2v) is 5.86. The zero-order valence-electron chi connectivity index (χ0n) is 13.0. The maximum atomic E-state index is 13.5. The van der Waals surface area contributed by atoms with Crippen molar-refractivity contribution < 1.29 is 13.9 Å². The molecule has 122 valence electrons. The summed E-state index contributed by atoms with van der Waals surface area (Å²) in [5.41, 5.74) is 2.13. The summed E-state index contributed by atoms with van der Waals surface area (Å²) in [6.07, 6.45) is 0. The molecule has 0 spiro atoms. The number of amides is 1. The summed E-state index contributed by atoms with van der Waals surface area (Å²) in [5, 5.41) is 4.84. The standard InChI is InChI=1S/C17H14FN3O2S/c1-10-4-3-5-13(19-10)16(22)21-17-20-14(9-24-17)12-8-11(18)6-7-15(12)23-2/h3-9H,1-2H3,(H,20,21,22). The van der Waals surface area contributed by atoms with E-state index in [1.807, 2.05) is 13.0 Å². The highest BCUT2D eigenvalue weighted by Gasteiger charge is 2.14. The summed E-state index contributed by atoms with van der Waals surface area (Å²) < 4.78 is 18.7. The number of nitrogens with zero attached hydrogens (tertiary/aromatic N) is 2. The molecule has 3 rings (SSSR count). The van der Waals surface area contributed by atoms with E-state index in [-0.39, 0.29) is 11.7 Å². The van der Waals surface area contributed by atoms with Crippen LogP contribution in [0.4, 0.5) is 9.52 Å². The van der Waals surface area contributed by atoms with Crippen LogP contribution in [0.3, 0.4) is 0 Å². The van der Waals surface area contributed by atoms with Crippen LogP contribution in [0.1, 0.15) is 16.2 Å². The number of halogens is 1. The Morgan fingerprint density at radius 3 is 2.83 bits per heavy atom. The molecular formula is C17H14FN3O2S. The van der Waals surface area contributed by atoms with E-state index >= 15 is 0 Å². The number of hydrogen-bond acceptors (Lipinski definition) is 5. The summed E-state index contributed by atoms with van der Waals surface area (Å²) >= 11 is 1.25. The Morgan fingerprint density at radius 2 is 2.08 bits per heavy atom. The molecular weight excluding hydrogens is 329 g/mol. The molecule has 0 saturated heterocycles. The van der Waals surface area contributed by atoms with Crippen LogP contribution in [-0.4, -0.2) is 23.0 Å². The van der Waals surface area contributed by atoms with Crippen molar-refractivity contribution in [3.63, 3.8) is 0 Å². The SMILES string of the molecule is COc1ccc(F)cc1-c1csc(NC(=O)c2cccc(C)n2)n1. The van der Waals surface area contributed by atoms with Gasteiger partial charge in [-0.05, 0) is 37.3 Å². The zero-order chi connectivity index (χ0) is 17.1. The van der Waals surface area contributed by atoms with Crippen LogP contribution in [0.25, 0.3) is 11.3 Å². The molecule has 0 aliphatic rings. The first-order valence-corrected chi connectivity index (χ1v) is 7.99. The van der Waals surface area contributed by atoms with Crippen molar-refractivity contribution in [1.82, 2.24) is 9.97 Å². The Morgan fingerprint density at radius 1 is 1.25 bits per heavy atom. The van der Waals surface area contributed by atoms with Gasteiger partial charge in [-0.2, -0.15) is 0 Å². The maximum Gasteiger partial charge on any atom is 0.276 e. The van der Waals surface area contributed by atoms with Crippen LogP contribution in [0.5, 0.6) is 5.75 Å². The molecule has 1 N–H and O–H groups in total. The second-order valence-electron chi connectivity index (χ2n) is 5.00. The highest BCUT2D eigenvalue weighted by atomic mass is 32.1. The number of benzene rings is 1. The fourth-order valence-corrected chi connectivity index (χ4v) is 2.87. The van der Waals surface area contributed by atoms with Gasteiger partial charge in [0.15, 0.2) is 5.13 Å². The number of methoxy groups -OCH3 is 1. The maximum absolute atomic E-state index is 13.5. The molecule has 0 saturated carbocycles. The van der Waals surface area contributed by atoms with Crippen molar-refractivity contribution in [3.05, 3.63) is 59.0 Å². The average molecular weight is 343 g/mol. The number of carbonyl (C=O) groups is 1. The Labute approximate surface area is 142 Å². The molecule has 0 radical (unpaired) electrons. The van der Waals surface area contributed by atoms with E-state index in [9.17, 15) is 9.18 Å². The average Bonchev–Trinajstić information content (AvgIpc) is 3.03. The van der Waals surface area contributed by atoms with Gasteiger partial charge in [0.2, 0.25) is 0 Å². The van der Waals surface area contributed by atoms with Gasteiger partial charge in [-0.25, -0.2) is 14.4 Å². The molecule has 2 aromatic heterocycles. The number of hydrogen-bond donors (Lipinski definition) is 1. The van der Waals surface area contributed by atoms with Gasteiger partial charge in [-0.15, -0.1) is 11.3 Å². The van der Waals surface area contributed by atoms with Gasteiger partial charge in [0, 0.05) is 16.6 Å². The molecule has 0 fully saturated rings. The van der Waals surface area contributed by atoms with Crippen LogP contribution in [0, 0.1) is 12.7 Å². The molecule has 1 aromatic carbocycles. The Hall–Kier alpha value is -2.80. The van der Waals surface area contributed by atoms with E-state index in [4.69, 9.17) is 4.74 Å². The van der Waals surface area contributed by atoms with E-state index in [0.717, 1.165) is 5.69 Å². The Kier molecular flexibility index (Phi) is 4.52. The van der Waals surface area contributed by atoms with Crippen LogP contribution < -0.4 is 10.1 Å². The molecule has 3 aromatic rings. The molecule has 7 heteroatoms. The summed E-state index contributed by atoms with van der Waals surface area (Å²) in [7, 11) is 1.51. The number of ether oxygens (including phenoxy) is 1. The lowest BCUT2D eigenvalue weighted by atomic mass is 10.1. The van der Waals surface area contributed by atoms with E-state index in [0.29, 0.717) is 27.8 Å². The highest BCUT2D eigenvalue weighted by molar-refractivity contribution is 7.14. The van der Waals surface area contributed by atoms with Gasteiger partial charge in [0.25, 0.3) is 5.91 Å². The number of carbonyl (C=O) groups excluding carboxylic acids is 1. The van der Waals surface area contributed by atoms with Gasteiger partial charge >= 0.3 is 0 Å². The third-order valence-electron chi connectivity index (χ3n) is 3.28. The number of pyridine rings is 1. The second kappa shape index (κ2) is 6.76. The van der Waals surface area contributed by atoms with E-state index in [2.05, 4.69) is 15.3 Å². The van der Waals surface area contributed by atoms with Crippen molar-refractivity contribution in [3.8, 4) is 17.0 Å². The van der Waals surface area contributed by atoms with E-state index in [1.54, 1.807) is 23.6 Å². The molecule has 2 heterocycles. The quantitative estimate of drug-likeness (QED) is 0.780. The smallest absolute Gasteiger partial charge is 0.276 e. The third kappa shape index (κ3) is 3.41. The first-order valence-electron chi connectivity index (χ1n) is 7.11. The fraction of sp³-hybridized carbons (Fsp3) is 0.118. The molecule has 0 bridgehead atoms. The predicted molar refractivity (Wildman–Crippen MR) is 91.0 cm³/mol. The topological polar surface area (TPSA) is 64.1 Å². The normalized spacial score (nSPS) is 10.5. The Balaban J connectivity index is 1.84. The molecule has 1 amide bonds. The van der Waals surface area contributed by atoms with Crippen LogP contribution in [0.15, 0.2) is 41.8 Å². The predicted octanol–water partition coefficient (Wildman–Crippen LogP) is 3.91. The summed E-state index contributed by atoms with van der Waals surface area (Å²) in [6.45, 7) is 1.81. The first kappa shape index (κ1) is 16.1. The van der Waals surface area contributed by atoms with Crippen LogP contribution in [0.2, 0.25) is 0 Å². The van der Waals surface area contributed by atoms with Gasteiger partial charge in [0.05, 0.1) is 12.8 Å². The minimum absolute atomic E-state index is 0.315. The molecule has 0 aliphatic carbocycles. The number of anilines is 1. The van der Waals surface area contributed by atoms with E-state index in [1.165, 1.54) is 30.6 Å². The molecule has 0 unspecified atom stereocenters. The van der Waals surface area contributed by atoms with Gasteiger partial charge in [-0.3, -0.25) is 10.1 Å². The monoisotopic (exact) mass is 343 g/mol. The van der Waals surface area contributed by atoms with Gasteiger partial charge in [-0.1, -0.05) is 6.07 Å². The number of aryl methyl sites for hydroxylation is 1. The number of thiazole rings is 1. The number of nitrogens with one attached hydrogen (secondary N) is 1.